The van der Waals surface area contributed by atoms with Gasteiger partial charge in [0.2, 0.25) is 0 Å². The maximum Gasteiger partial charge on any atom is 0.0254 e. The van der Waals surface area contributed by atoms with Crippen LogP contribution < -0.4 is 0 Å². The zero-order valence-corrected chi connectivity index (χ0v) is 8.21. The molecular formula is C10H16S. The molecule has 0 bridgehead atoms. The van der Waals surface area contributed by atoms with Crippen LogP contribution in [0.25, 0.3) is 0 Å². The minimum absolute atomic E-state index is 0.686. The molecule has 0 amide bonds. The summed E-state index contributed by atoms with van der Waals surface area (Å²) in [6, 6.07) is 0. The second kappa shape index (κ2) is 2.29. The predicted octanol–water partition coefficient (Wildman–Crippen LogP) is 3.24. The molecule has 1 aliphatic heterocycles. The topological polar surface area (TPSA) is 0 Å². The Morgan fingerprint density at radius 1 is 1.64 bits per heavy atom. The highest BCUT2D eigenvalue weighted by Gasteiger charge is 2.54. The van der Waals surface area contributed by atoms with Crippen LogP contribution in [0.3, 0.4) is 0 Å². The van der Waals surface area contributed by atoms with Gasteiger partial charge in [0, 0.05) is 10.00 Å². The first-order valence-electron chi connectivity index (χ1n) is 4.45. The number of hydrogen-bond acceptors (Lipinski definition) is 1. The molecule has 2 fully saturated rings. The largest absolute Gasteiger partial charge is 0.149 e. The minimum atomic E-state index is 0.686. The Hall–Kier alpha value is 0.0900. The highest BCUT2D eigenvalue weighted by Crippen LogP contribution is 2.62. The van der Waals surface area contributed by atoms with Crippen molar-refractivity contribution in [2.75, 3.05) is 0 Å². The summed E-state index contributed by atoms with van der Waals surface area (Å²) in [5, 5.41) is 0.970. The van der Waals surface area contributed by atoms with Crippen molar-refractivity contribution < 1.29 is 0 Å². The summed E-state index contributed by atoms with van der Waals surface area (Å²) in [5.41, 5.74) is 1.40. The fraction of sp³-hybridized carbons (Fsp3) is 0.800. The lowest BCUT2D eigenvalue weighted by Crippen LogP contribution is -2.21. The van der Waals surface area contributed by atoms with E-state index in [1.54, 1.807) is 0 Å². The normalized spacial score (nSPS) is 48.2. The van der Waals surface area contributed by atoms with Gasteiger partial charge in [0.1, 0.15) is 0 Å². The molecule has 1 heteroatoms. The molecular weight excluding hydrogens is 152 g/mol. The van der Waals surface area contributed by atoms with Gasteiger partial charge >= 0.3 is 0 Å². The summed E-state index contributed by atoms with van der Waals surface area (Å²) in [7, 11) is 0. The molecule has 0 aromatic rings. The molecule has 0 spiro atoms. The lowest BCUT2D eigenvalue weighted by atomic mass is 9.80. The molecule has 0 radical (unpaired) electrons. The van der Waals surface area contributed by atoms with Gasteiger partial charge in [-0.3, -0.25) is 0 Å². The van der Waals surface area contributed by atoms with Gasteiger partial charge in [-0.05, 0) is 39.0 Å². The number of rotatable bonds is 1. The van der Waals surface area contributed by atoms with Crippen LogP contribution in [0.4, 0.5) is 0 Å². The summed E-state index contributed by atoms with van der Waals surface area (Å²) < 4.78 is 0.686. The molecule has 3 unspecified atom stereocenters. The number of thioether (sulfide) groups is 1. The summed E-state index contributed by atoms with van der Waals surface area (Å²) in [5.74, 6) is 0.836. The van der Waals surface area contributed by atoms with Gasteiger partial charge in [-0.2, -0.15) is 0 Å². The molecule has 2 rings (SSSR count). The molecule has 1 heterocycles. The van der Waals surface area contributed by atoms with E-state index in [1.165, 1.54) is 24.8 Å². The van der Waals surface area contributed by atoms with Crippen molar-refractivity contribution in [3.63, 3.8) is 0 Å². The molecule has 2 aliphatic rings. The monoisotopic (exact) mass is 168 g/mol. The fourth-order valence-corrected chi connectivity index (χ4v) is 3.45. The quantitative estimate of drug-likeness (QED) is 0.428. The Kier molecular flexibility index (Phi) is 1.61. The van der Waals surface area contributed by atoms with Crippen molar-refractivity contribution in [2.24, 2.45) is 5.92 Å². The van der Waals surface area contributed by atoms with Gasteiger partial charge in [0.05, 0.1) is 0 Å². The van der Waals surface area contributed by atoms with Crippen LogP contribution in [-0.2, 0) is 0 Å². The summed E-state index contributed by atoms with van der Waals surface area (Å²) in [6.45, 7) is 8.64. The van der Waals surface area contributed by atoms with E-state index >= 15 is 0 Å². The van der Waals surface area contributed by atoms with Crippen molar-refractivity contribution >= 4 is 11.8 Å². The Morgan fingerprint density at radius 3 is 2.91 bits per heavy atom. The first kappa shape index (κ1) is 7.72. The van der Waals surface area contributed by atoms with Crippen LogP contribution in [0.5, 0.6) is 0 Å². The van der Waals surface area contributed by atoms with Crippen LogP contribution in [-0.4, -0.2) is 10.00 Å². The third-order valence-corrected chi connectivity index (χ3v) is 4.99. The van der Waals surface area contributed by atoms with E-state index in [1.807, 2.05) is 0 Å². The van der Waals surface area contributed by atoms with Gasteiger partial charge in [0.25, 0.3) is 0 Å². The van der Waals surface area contributed by atoms with Gasteiger partial charge < -0.3 is 0 Å². The van der Waals surface area contributed by atoms with Gasteiger partial charge in [-0.25, -0.2) is 0 Å². The summed E-state index contributed by atoms with van der Waals surface area (Å²) in [6.07, 6.45) is 4.20. The Morgan fingerprint density at radius 2 is 2.36 bits per heavy atom. The first-order valence-corrected chi connectivity index (χ1v) is 5.33. The first-order chi connectivity index (χ1) is 5.12. The van der Waals surface area contributed by atoms with Crippen molar-refractivity contribution in [2.45, 2.75) is 43.1 Å². The third-order valence-electron chi connectivity index (χ3n) is 3.22. The number of allylic oxidation sites excluding steroid dienone is 1. The fourth-order valence-electron chi connectivity index (χ4n) is 2.09. The van der Waals surface area contributed by atoms with E-state index in [0.29, 0.717) is 4.75 Å². The summed E-state index contributed by atoms with van der Waals surface area (Å²) >= 11 is 2.18. The highest BCUT2D eigenvalue weighted by atomic mass is 32.2. The van der Waals surface area contributed by atoms with Crippen molar-refractivity contribution in [1.29, 1.82) is 0 Å². The van der Waals surface area contributed by atoms with Crippen LogP contribution in [0.1, 0.15) is 33.1 Å². The lowest BCUT2D eigenvalue weighted by Gasteiger charge is -2.24. The number of fused-ring (bicyclic) bond motifs is 1. The molecule has 1 saturated carbocycles. The molecule has 62 valence electrons. The number of hydrogen-bond donors (Lipinski definition) is 0. The predicted molar refractivity (Wildman–Crippen MR) is 51.9 cm³/mol. The Bertz CT molecular complexity index is 197. The summed E-state index contributed by atoms with van der Waals surface area (Å²) in [4.78, 5) is 0. The minimum Gasteiger partial charge on any atom is -0.149 e. The third kappa shape index (κ3) is 1.24. The zero-order valence-electron chi connectivity index (χ0n) is 7.39. The van der Waals surface area contributed by atoms with Crippen molar-refractivity contribution in [1.82, 2.24) is 0 Å². The molecule has 1 aliphatic carbocycles. The zero-order chi connectivity index (χ0) is 8.06. The van der Waals surface area contributed by atoms with Gasteiger partial charge in [0.15, 0.2) is 0 Å². The van der Waals surface area contributed by atoms with E-state index in [2.05, 4.69) is 32.2 Å². The maximum absolute atomic E-state index is 4.05. The van der Waals surface area contributed by atoms with E-state index in [-0.39, 0.29) is 0 Å². The molecule has 3 atom stereocenters. The van der Waals surface area contributed by atoms with Crippen LogP contribution >= 0.6 is 11.8 Å². The standard InChI is InChI=1S/C10H16S/c1-7(2)8-4-5-10(3)9(6-8)11-10/h8-9H,1,4-6H2,2-3H3. The molecule has 11 heavy (non-hydrogen) atoms. The SMILES string of the molecule is C=C(C)C1CCC2(C)SC2C1. The smallest absolute Gasteiger partial charge is 0.0254 e. The van der Waals surface area contributed by atoms with Crippen LogP contribution in [0, 0.1) is 5.92 Å². The second-order valence-corrected chi connectivity index (χ2v) is 5.97. The molecule has 0 nitrogen and oxygen atoms in total. The average molecular weight is 168 g/mol. The molecule has 0 N–H and O–H groups in total. The van der Waals surface area contributed by atoms with E-state index in [4.69, 9.17) is 0 Å². The van der Waals surface area contributed by atoms with Crippen molar-refractivity contribution in [3.8, 4) is 0 Å². The highest BCUT2D eigenvalue weighted by molar-refractivity contribution is 8.08. The Labute approximate surface area is 73.4 Å². The lowest BCUT2D eigenvalue weighted by molar-refractivity contribution is 0.398. The van der Waals surface area contributed by atoms with Crippen LogP contribution in [0.2, 0.25) is 0 Å². The molecule has 0 aromatic carbocycles. The van der Waals surface area contributed by atoms with Crippen LogP contribution in [0.15, 0.2) is 12.2 Å². The Balaban J connectivity index is 1.98. The van der Waals surface area contributed by atoms with E-state index in [9.17, 15) is 0 Å². The second-order valence-electron chi connectivity index (χ2n) is 4.24. The molecule has 1 saturated heterocycles. The van der Waals surface area contributed by atoms with Gasteiger partial charge in [-0.1, -0.05) is 12.2 Å². The van der Waals surface area contributed by atoms with Gasteiger partial charge in [-0.15, -0.1) is 11.8 Å². The van der Waals surface area contributed by atoms with Crippen molar-refractivity contribution in [3.05, 3.63) is 12.2 Å². The molecule has 0 aromatic heterocycles. The van der Waals surface area contributed by atoms with E-state index < -0.39 is 0 Å². The average Bonchev–Trinajstić information content (AvgIpc) is 2.58. The maximum atomic E-state index is 4.05. The van der Waals surface area contributed by atoms with E-state index in [0.717, 1.165) is 11.2 Å².